The van der Waals surface area contributed by atoms with Crippen molar-refractivity contribution >= 4 is 28.1 Å². The van der Waals surface area contributed by atoms with Gasteiger partial charge < -0.3 is 10.2 Å². The molecule has 3 aromatic rings. The Labute approximate surface area is 148 Å². The normalized spacial score (nSPS) is 17.0. The van der Waals surface area contributed by atoms with Gasteiger partial charge in [0.15, 0.2) is 0 Å². The lowest BCUT2D eigenvalue weighted by atomic mass is 10.1. The molecule has 0 spiro atoms. The third-order valence-corrected chi connectivity index (χ3v) is 4.93. The van der Waals surface area contributed by atoms with E-state index in [1.54, 1.807) is 0 Å². The van der Waals surface area contributed by atoms with E-state index in [-0.39, 0.29) is 5.91 Å². The molecule has 0 radical (unpaired) electrons. The van der Waals surface area contributed by atoms with E-state index in [0.29, 0.717) is 5.56 Å². The summed E-state index contributed by atoms with van der Waals surface area (Å²) in [6.07, 6.45) is 1.25. The summed E-state index contributed by atoms with van der Waals surface area (Å²) >= 11 is 0. The molecule has 0 aliphatic carbocycles. The summed E-state index contributed by atoms with van der Waals surface area (Å²) in [6, 6.07) is 22.0. The monoisotopic (exact) mass is 330 g/mol. The lowest BCUT2D eigenvalue weighted by Gasteiger charge is -2.18. The average molecular weight is 330 g/mol. The fourth-order valence-electron chi connectivity index (χ4n) is 3.46. The van der Waals surface area contributed by atoms with Crippen molar-refractivity contribution in [1.29, 1.82) is 0 Å². The van der Waals surface area contributed by atoms with Crippen LogP contribution in [-0.2, 0) is 0 Å². The molecule has 1 aliphatic heterocycles. The van der Waals surface area contributed by atoms with Gasteiger partial charge in [-0.05, 0) is 59.5 Å². The van der Waals surface area contributed by atoms with E-state index >= 15 is 0 Å². The van der Waals surface area contributed by atoms with E-state index in [1.165, 1.54) is 12.1 Å². The number of anilines is 2. The molecule has 1 atom stereocenters. The van der Waals surface area contributed by atoms with Crippen molar-refractivity contribution in [1.82, 2.24) is 0 Å². The molecule has 0 bridgehead atoms. The fourth-order valence-corrected chi connectivity index (χ4v) is 3.46. The molecule has 3 aromatic carbocycles. The Morgan fingerprint density at radius 1 is 1.00 bits per heavy atom. The first-order valence-electron chi connectivity index (χ1n) is 8.84. The molecular formula is C22H22N2O. The number of amides is 1. The first kappa shape index (κ1) is 15.7. The topological polar surface area (TPSA) is 32.3 Å². The summed E-state index contributed by atoms with van der Waals surface area (Å²) in [5.74, 6) is 0.681. The molecule has 1 fully saturated rings. The van der Waals surface area contributed by atoms with Crippen molar-refractivity contribution in [3.8, 4) is 0 Å². The number of nitrogens with zero attached hydrogens (tertiary/aromatic N) is 1. The van der Waals surface area contributed by atoms with Gasteiger partial charge in [-0.25, -0.2) is 0 Å². The van der Waals surface area contributed by atoms with Crippen LogP contribution in [0.4, 0.5) is 11.4 Å². The maximum Gasteiger partial charge on any atom is 0.255 e. The van der Waals surface area contributed by atoms with Crippen molar-refractivity contribution in [3.05, 3.63) is 72.3 Å². The van der Waals surface area contributed by atoms with Crippen LogP contribution in [0.3, 0.4) is 0 Å². The maximum atomic E-state index is 12.5. The summed E-state index contributed by atoms with van der Waals surface area (Å²) in [5.41, 5.74) is 2.73. The smallest absolute Gasteiger partial charge is 0.255 e. The van der Waals surface area contributed by atoms with Crippen LogP contribution in [0, 0.1) is 5.92 Å². The second kappa shape index (κ2) is 6.60. The Balaban J connectivity index is 1.48. The zero-order valence-electron chi connectivity index (χ0n) is 14.4. The molecule has 1 amide bonds. The van der Waals surface area contributed by atoms with Gasteiger partial charge in [-0.1, -0.05) is 37.3 Å². The highest BCUT2D eigenvalue weighted by Crippen LogP contribution is 2.25. The molecule has 1 saturated heterocycles. The molecule has 1 N–H and O–H groups in total. The van der Waals surface area contributed by atoms with Gasteiger partial charge >= 0.3 is 0 Å². The van der Waals surface area contributed by atoms with Crippen molar-refractivity contribution < 1.29 is 4.79 Å². The Morgan fingerprint density at radius 3 is 2.48 bits per heavy atom. The maximum absolute atomic E-state index is 12.5. The molecule has 1 heterocycles. The summed E-state index contributed by atoms with van der Waals surface area (Å²) in [4.78, 5) is 14.9. The zero-order valence-corrected chi connectivity index (χ0v) is 14.4. The number of rotatable bonds is 3. The Morgan fingerprint density at radius 2 is 1.76 bits per heavy atom. The fraction of sp³-hybridized carbons (Fsp3) is 0.227. The minimum Gasteiger partial charge on any atom is -0.371 e. The summed E-state index contributed by atoms with van der Waals surface area (Å²) in [5, 5.41) is 5.21. The van der Waals surface area contributed by atoms with E-state index in [0.717, 1.165) is 35.5 Å². The Kier molecular flexibility index (Phi) is 4.14. The molecule has 1 unspecified atom stereocenters. The summed E-state index contributed by atoms with van der Waals surface area (Å²) in [7, 11) is 0. The highest BCUT2D eigenvalue weighted by atomic mass is 16.1. The highest BCUT2D eigenvalue weighted by Gasteiger charge is 2.18. The van der Waals surface area contributed by atoms with Gasteiger partial charge in [0.1, 0.15) is 0 Å². The summed E-state index contributed by atoms with van der Waals surface area (Å²) < 4.78 is 0. The standard InChI is InChI=1S/C22H22N2O/c1-16-12-13-24(15-16)21-10-8-20(9-11-21)23-22(25)19-7-6-17-4-2-3-5-18(17)14-19/h2-11,14,16H,12-13,15H2,1H3,(H,23,25). The lowest BCUT2D eigenvalue weighted by Crippen LogP contribution is -2.19. The van der Waals surface area contributed by atoms with Crippen molar-refractivity contribution in [3.63, 3.8) is 0 Å². The molecule has 3 heteroatoms. The quantitative estimate of drug-likeness (QED) is 0.738. The first-order chi connectivity index (χ1) is 12.2. The van der Waals surface area contributed by atoms with Crippen molar-refractivity contribution in [2.24, 2.45) is 5.92 Å². The van der Waals surface area contributed by atoms with E-state index in [1.807, 2.05) is 48.5 Å². The second-order valence-electron chi connectivity index (χ2n) is 6.90. The number of carbonyl (C=O) groups is 1. The van der Waals surface area contributed by atoms with Crippen LogP contribution in [-0.4, -0.2) is 19.0 Å². The predicted octanol–water partition coefficient (Wildman–Crippen LogP) is 4.94. The van der Waals surface area contributed by atoms with Crippen molar-refractivity contribution in [2.75, 3.05) is 23.3 Å². The lowest BCUT2D eigenvalue weighted by molar-refractivity contribution is 0.102. The van der Waals surface area contributed by atoms with Crippen LogP contribution in [0.25, 0.3) is 10.8 Å². The average Bonchev–Trinajstić information content (AvgIpc) is 3.08. The molecule has 126 valence electrons. The molecule has 0 aromatic heterocycles. The van der Waals surface area contributed by atoms with Gasteiger partial charge in [-0.3, -0.25) is 4.79 Å². The highest BCUT2D eigenvalue weighted by molar-refractivity contribution is 6.06. The van der Waals surface area contributed by atoms with Crippen molar-refractivity contribution in [2.45, 2.75) is 13.3 Å². The van der Waals surface area contributed by atoms with Crippen LogP contribution in [0.5, 0.6) is 0 Å². The molecule has 4 rings (SSSR count). The molecule has 0 saturated carbocycles. The van der Waals surface area contributed by atoms with Gasteiger partial charge in [0.25, 0.3) is 5.91 Å². The van der Waals surface area contributed by atoms with E-state index in [2.05, 4.69) is 35.3 Å². The van der Waals surface area contributed by atoms with Gasteiger partial charge in [0.2, 0.25) is 0 Å². The van der Waals surface area contributed by atoms with Crippen LogP contribution in [0.2, 0.25) is 0 Å². The van der Waals surface area contributed by atoms with E-state index < -0.39 is 0 Å². The van der Waals surface area contributed by atoms with Crippen LogP contribution in [0.15, 0.2) is 66.7 Å². The van der Waals surface area contributed by atoms with Gasteiger partial charge in [0.05, 0.1) is 0 Å². The minimum atomic E-state index is -0.0757. The van der Waals surface area contributed by atoms with Crippen LogP contribution >= 0.6 is 0 Å². The van der Waals surface area contributed by atoms with Gasteiger partial charge in [-0.15, -0.1) is 0 Å². The number of benzene rings is 3. The number of hydrogen-bond donors (Lipinski definition) is 1. The van der Waals surface area contributed by atoms with E-state index in [4.69, 9.17) is 0 Å². The number of fused-ring (bicyclic) bond motifs is 1. The van der Waals surface area contributed by atoms with Gasteiger partial charge in [0, 0.05) is 30.0 Å². The Bertz CT molecular complexity index is 901. The third kappa shape index (κ3) is 3.36. The number of nitrogens with one attached hydrogen (secondary N) is 1. The molecule has 3 nitrogen and oxygen atoms in total. The Hall–Kier alpha value is -2.81. The number of carbonyl (C=O) groups excluding carboxylic acids is 1. The van der Waals surface area contributed by atoms with Crippen LogP contribution in [0.1, 0.15) is 23.7 Å². The SMILES string of the molecule is CC1CCN(c2ccc(NC(=O)c3ccc4ccccc4c3)cc2)C1. The van der Waals surface area contributed by atoms with Crippen LogP contribution < -0.4 is 10.2 Å². The molecule has 25 heavy (non-hydrogen) atoms. The van der Waals surface area contributed by atoms with E-state index in [9.17, 15) is 4.79 Å². The first-order valence-corrected chi connectivity index (χ1v) is 8.84. The molecule has 1 aliphatic rings. The van der Waals surface area contributed by atoms with Gasteiger partial charge in [-0.2, -0.15) is 0 Å². The summed E-state index contributed by atoms with van der Waals surface area (Å²) in [6.45, 7) is 4.52. The molecular weight excluding hydrogens is 308 g/mol. The largest absolute Gasteiger partial charge is 0.371 e. The third-order valence-electron chi connectivity index (χ3n) is 4.93. The number of hydrogen-bond acceptors (Lipinski definition) is 2. The predicted molar refractivity (Wildman–Crippen MR) is 104 cm³/mol. The zero-order chi connectivity index (χ0) is 17.2. The second-order valence-corrected chi connectivity index (χ2v) is 6.90. The minimum absolute atomic E-state index is 0.0757.